The van der Waals surface area contributed by atoms with Gasteiger partial charge in [-0.2, -0.15) is 0 Å². The lowest BCUT2D eigenvalue weighted by atomic mass is 10.1. The first-order valence-electron chi connectivity index (χ1n) is 10.4. The van der Waals surface area contributed by atoms with Crippen LogP contribution in [-0.4, -0.2) is 65.5 Å². The van der Waals surface area contributed by atoms with Crippen LogP contribution in [0.2, 0.25) is 0 Å². The summed E-state index contributed by atoms with van der Waals surface area (Å²) in [5.41, 5.74) is 1.80. The summed E-state index contributed by atoms with van der Waals surface area (Å²) in [6.07, 6.45) is 1.06. The normalized spacial score (nSPS) is 16.4. The van der Waals surface area contributed by atoms with Crippen LogP contribution in [0.15, 0.2) is 24.3 Å². The highest BCUT2D eigenvalue weighted by Gasteiger charge is 2.22. The first-order valence-corrected chi connectivity index (χ1v) is 11.3. The molecule has 0 amide bonds. The molecule has 0 spiro atoms. The van der Waals surface area contributed by atoms with E-state index in [1.54, 1.807) is 6.92 Å². The van der Waals surface area contributed by atoms with Gasteiger partial charge >= 0.3 is 0 Å². The predicted molar refractivity (Wildman–Crippen MR) is 118 cm³/mol. The molecule has 7 heteroatoms. The second kappa shape index (κ2) is 10.3. The van der Waals surface area contributed by atoms with Crippen molar-refractivity contribution in [3.05, 3.63) is 35.0 Å². The van der Waals surface area contributed by atoms with Crippen LogP contribution in [-0.2, 0) is 6.42 Å². The van der Waals surface area contributed by atoms with E-state index < -0.39 is 6.10 Å². The van der Waals surface area contributed by atoms with E-state index in [0.29, 0.717) is 24.6 Å². The Hall–Kier alpha value is -1.83. The summed E-state index contributed by atoms with van der Waals surface area (Å²) in [6, 6.07) is 8.27. The van der Waals surface area contributed by atoms with Crippen molar-refractivity contribution in [2.45, 2.75) is 39.7 Å². The molecule has 2 heterocycles. The summed E-state index contributed by atoms with van der Waals surface area (Å²) < 4.78 is 6.05. The van der Waals surface area contributed by atoms with Crippen LogP contribution in [0, 0.1) is 12.8 Å². The molecule has 3 rings (SSSR count). The van der Waals surface area contributed by atoms with Gasteiger partial charge in [0.05, 0.1) is 29.1 Å². The molecule has 1 unspecified atom stereocenters. The number of nitrogens with zero attached hydrogens (tertiary/aromatic N) is 3. The highest BCUT2D eigenvalue weighted by Crippen LogP contribution is 2.29. The highest BCUT2D eigenvalue weighted by molar-refractivity contribution is 7.13. The van der Waals surface area contributed by atoms with Gasteiger partial charge in [0.25, 0.3) is 0 Å². The molecule has 1 aliphatic rings. The van der Waals surface area contributed by atoms with Crippen molar-refractivity contribution in [3.63, 3.8) is 0 Å². The lowest BCUT2D eigenvalue weighted by Gasteiger charge is -2.37. The molecule has 29 heavy (non-hydrogen) atoms. The molecule has 2 aromatic rings. The molecule has 0 aliphatic carbocycles. The molecule has 1 fully saturated rings. The SMILES string of the molecule is Cc1nc(CC(O)CN2CCN(c3ccccc3OCCC(C)C)CC2)sc1O. The number of rotatable bonds is 9. The number of aromatic nitrogens is 1. The maximum absolute atomic E-state index is 10.4. The standard InChI is InChI=1S/C22H33N3O3S/c1-16(2)8-13-28-20-7-5-4-6-19(20)25-11-9-24(10-12-25)15-18(26)14-21-23-17(3)22(27)29-21/h4-7,16,18,26-27H,8-15H2,1-3H3. The van der Waals surface area contributed by atoms with Gasteiger partial charge in [-0.1, -0.05) is 37.3 Å². The van der Waals surface area contributed by atoms with E-state index in [9.17, 15) is 10.2 Å². The number of aryl methyl sites for hydroxylation is 1. The number of para-hydroxylation sites is 2. The minimum Gasteiger partial charge on any atom is -0.498 e. The van der Waals surface area contributed by atoms with Crippen molar-refractivity contribution in [3.8, 4) is 10.8 Å². The molecular weight excluding hydrogens is 386 g/mol. The Balaban J connectivity index is 1.49. The molecular formula is C22H33N3O3S. The summed E-state index contributed by atoms with van der Waals surface area (Å²) in [7, 11) is 0. The quantitative estimate of drug-likeness (QED) is 0.650. The molecule has 0 radical (unpaired) electrons. The number of β-amino-alcohol motifs (C(OH)–C–C–N with tert-alkyl or cyclic N) is 1. The van der Waals surface area contributed by atoms with Gasteiger partial charge in [0.2, 0.25) is 0 Å². The number of anilines is 1. The van der Waals surface area contributed by atoms with Crippen LogP contribution in [0.4, 0.5) is 5.69 Å². The fraction of sp³-hybridized carbons (Fsp3) is 0.591. The summed E-state index contributed by atoms with van der Waals surface area (Å²) in [4.78, 5) is 8.97. The van der Waals surface area contributed by atoms with Gasteiger partial charge in [-0.15, -0.1) is 0 Å². The van der Waals surface area contributed by atoms with E-state index in [0.717, 1.165) is 55.7 Å². The monoisotopic (exact) mass is 419 g/mol. The van der Waals surface area contributed by atoms with Gasteiger partial charge in [-0.3, -0.25) is 4.90 Å². The molecule has 0 bridgehead atoms. The number of ether oxygens (including phenoxy) is 1. The van der Waals surface area contributed by atoms with Gasteiger partial charge in [0.15, 0.2) is 5.06 Å². The van der Waals surface area contributed by atoms with Crippen molar-refractivity contribution < 1.29 is 14.9 Å². The fourth-order valence-electron chi connectivity index (χ4n) is 3.51. The Morgan fingerprint density at radius 1 is 1.17 bits per heavy atom. The molecule has 160 valence electrons. The van der Waals surface area contributed by atoms with E-state index in [1.807, 2.05) is 6.07 Å². The maximum Gasteiger partial charge on any atom is 0.194 e. The largest absolute Gasteiger partial charge is 0.498 e. The number of aliphatic hydroxyl groups excluding tert-OH is 1. The summed E-state index contributed by atoms with van der Waals surface area (Å²) >= 11 is 1.26. The zero-order chi connectivity index (χ0) is 20.8. The predicted octanol–water partition coefficient (Wildman–Crippen LogP) is 3.31. The second-order valence-corrected chi connectivity index (χ2v) is 9.20. The van der Waals surface area contributed by atoms with Gasteiger partial charge in [0, 0.05) is 39.1 Å². The Labute approximate surface area is 177 Å². The first-order chi connectivity index (χ1) is 13.9. The minimum atomic E-state index is -0.474. The third kappa shape index (κ3) is 6.32. The topological polar surface area (TPSA) is 69.1 Å². The van der Waals surface area contributed by atoms with Crippen LogP contribution < -0.4 is 9.64 Å². The van der Waals surface area contributed by atoms with Crippen LogP contribution in [0.25, 0.3) is 0 Å². The number of hydrogen-bond acceptors (Lipinski definition) is 7. The minimum absolute atomic E-state index is 0.245. The average molecular weight is 420 g/mol. The molecule has 2 N–H and O–H groups in total. The fourth-order valence-corrected chi connectivity index (χ4v) is 4.39. The third-order valence-electron chi connectivity index (χ3n) is 5.23. The molecule has 1 aromatic heterocycles. The van der Waals surface area contributed by atoms with Crippen molar-refractivity contribution in [2.24, 2.45) is 5.92 Å². The molecule has 0 saturated carbocycles. The number of benzene rings is 1. The third-order valence-corrected chi connectivity index (χ3v) is 6.21. The molecule has 1 saturated heterocycles. The van der Waals surface area contributed by atoms with Crippen molar-refractivity contribution in [2.75, 3.05) is 44.2 Å². The Morgan fingerprint density at radius 3 is 2.55 bits per heavy atom. The van der Waals surface area contributed by atoms with Gasteiger partial charge in [-0.25, -0.2) is 4.98 Å². The number of piperazine rings is 1. The zero-order valence-electron chi connectivity index (χ0n) is 17.7. The molecule has 1 aromatic carbocycles. The molecule has 1 aliphatic heterocycles. The number of thiazole rings is 1. The number of aromatic hydroxyl groups is 1. The van der Waals surface area contributed by atoms with Gasteiger partial charge in [-0.05, 0) is 31.4 Å². The lowest BCUT2D eigenvalue weighted by Crippen LogP contribution is -2.49. The van der Waals surface area contributed by atoms with E-state index in [-0.39, 0.29) is 5.06 Å². The Bertz CT molecular complexity index is 753. The summed E-state index contributed by atoms with van der Waals surface area (Å²) in [6.45, 7) is 11.2. The van der Waals surface area contributed by atoms with Crippen molar-refractivity contribution >= 4 is 17.0 Å². The van der Waals surface area contributed by atoms with Crippen molar-refractivity contribution in [1.29, 1.82) is 0 Å². The van der Waals surface area contributed by atoms with Crippen LogP contribution in [0.5, 0.6) is 10.8 Å². The first kappa shape index (κ1) is 21.9. The molecule has 1 atom stereocenters. The van der Waals surface area contributed by atoms with E-state index in [2.05, 4.69) is 46.8 Å². The van der Waals surface area contributed by atoms with Crippen LogP contribution in [0.1, 0.15) is 31.0 Å². The van der Waals surface area contributed by atoms with Gasteiger partial charge < -0.3 is 19.8 Å². The van der Waals surface area contributed by atoms with E-state index in [1.165, 1.54) is 11.3 Å². The zero-order valence-corrected chi connectivity index (χ0v) is 18.5. The van der Waals surface area contributed by atoms with Crippen LogP contribution in [0.3, 0.4) is 0 Å². The van der Waals surface area contributed by atoms with Crippen molar-refractivity contribution in [1.82, 2.24) is 9.88 Å². The highest BCUT2D eigenvalue weighted by atomic mass is 32.1. The van der Waals surface area contributed by atoms with E-state index in [4.69, 9.17) is 4.74 Å². The lowest BCUT2D eigenvalue weighted by molar-refractivity contribution is 0.109. The molecule has 6 nitrogen and oxygen atoms in total. The van der Waals surface area contributed by atoms with Crippen LogP contribution >= 0.6 is 11.3 Å². The number of aliphatic hydroxyl groups is 1. The number of hydrogen-bond donors (Lipinski definition) is 2. The summed E-state index contributed by atoms with van der Waals surface area (Å²) in [5, 5.41) is 21.1. The Morgan fingerprint density at radius 2 is 1.90 bits per heavy atom. The summed E-state index contributed by atoms with van der Waals surface area (Å²) in [5.74, 6) is 1.59. The Kier molecular flexibility index (Phi) is 7.75. The van der Waals surface area contributed by atoms with Gasteiger partial charge in [0.1, 0.15) is 5.75 Å². The average Bonchev–Trinajstić information content (AvgIpc) is 2.99. The van der Waals surface area contributed by atoms with E-state index >= 15 is 0 Å². The maximum atomic E-state index is 10.4. The second-order valence-electron chi connectivity index (χ2n) is 8.14. The smallest absolute Gasteiger partial charge is 0.194 e.